The molecular formula is C22H23N3OS2. The van der Waals surface area contributed by atoms with Gasteiger partial charge in [-0.3, -0.25) is 9.98 Å². The summed E-state index contributed by atoms with van der Waals surface area (Å²) < 4.78 is 5.21. The van der Waals surface area contributed by atoms with Gasteiger partial charge >= 0.3 is 0 Å². The number of ether oxygens (including phenoxy) is 1. The highest BCUT2D eigenvalue weighted by atomic mass is 33.1. The van der Waals surface area contributed by atoms with Crippen LogP contribution in [0.1, 0.15) is 24.0 Å². The quantitative estimate of drug-likeness (QED) is 0.563. The molecule has 0 amide bonds. The van der Waals surface area contributed by atoms with Crippen LogP contribution in [-0.4, -0.2) is 29.8 Å². The summed E-state index contributed by atoms with van der Waals surface area (Å²) in [5.41, 5.74) is 3.66. The summed E-state index contributed by atoms with van der Waals surface area (Å²) in [6.45, 7) is 3.08. The van der Waals surface area contributed by atoms with E-state index in [9.17, 15) is 0 Å². The van der Waals surface area contributed by atoms with Crippen molar-refractivity contribution < 1.29 is 4.74 Å². The van der Waals surface area contributed by atoms with E-state index in [0.29, 0.717) is 12.0 Å². The summed E-state index contributed by atoms with van der Waals surface area (Å²) in [7, 11) is 5.21. The molecule has 28 heavy (non-hydrogen) atoms. The Kier molecular flexibility index (Phi) is 6.07. The van der Waals surface area contributed by atoms with E-state index in [0.717, 1.165) is 28.7 Å². The number of nitrogens with one attached hydrogen (secondary N) is 1. The number of amidine groups is 1. The lowest BCUT2D eigenvalue weighted by molar-refractivity contribution is 0.414. The van der Waals surface area contributed by atoms with Crippen LogP contribution < -0.4 is 10.1 Å². The molecule has 4 rings (SSSR count). The van der Waals surface area contributed by atoms with Crippen LogP contribution in [0.4, 0.5) is 0 Å². The molecule has 1 aliphatic rings. The summed E-state index contributed by atoms with van der Waals surface area (Å²) in [5.74, 6) is 2.19. The van der Waals surface area contributed by atoms with Crippen LogP contribution in [0.5, 0.6) is 5.75 Å². The molecule has 0 spiro atoms. The van der Waals surface area contributed by atoms with Crippen LogP contribution in [0.2, 0.25) is 0 Å². The minimum Gasteiger partial charge on any atom is -0.497 e. The van der Waals surface area contributed by atoms with E-state index in [1.54, 1.807) is 28.7 Å². The normalized spacial score (nSPS) is 17.2. The average molecular weight is 410 g/mol. The largest absolute Gasteiger partial charge is 0.497 e. The molecule has 0 saturated carbocycles. The molecule has 4 nitrogen and oxygen atoms in total. The predicted molar refractivity (Wildman–Crippen MR) is 121 cm³/mol. The van der Waals surface area contributed by atoms with Crippen molar-refractivity contribution in [1.29, 1.82) is 0 Å². The molecular weight excluding hydrogens is 386 g/mol. The van der Waals surface area contributed by atoms with Gasteiger partial charge in [-0.15, -0.1) is 0 Å². The summed E-state index contributed by atoms with van der Waals surface area (Å²) in [6.07, 6.45) is 1.85. The molecule has 0 fully saturated rings. The smallest absolute Gasteiger partial charge is 0.167 e. The third-order valence-corrected chi connectivity index (χ3v) is 7.19. The highest BCUT2D eigenvalue weighted by Crippen LogP contribution is 2.32. The van der Waals surface area contributed by atoms with Crippen LogP contribution >= 0.6 is 21.6 Å². The molecule has 2 unspecified atom stereocenters. The Labute approximate surface area is 173 Å². The lowest BCUT2D eigenvalue weighted by Gasteiger charge is -2.21. The van der Waals surface area contributed by atoms with E-state index in [1.165, 1.54) is 16.5 Å². The number of nitrogens with zero attached hydrogens (tertiary/aromatic N) is 2. The highest BCUT2D eigenvalue weighted by Gasteiger charge is 2.26. The van der Waals surface area contributed by atoms with Crippen molar-refractivity contribution in [2.75, 3.05) is 13.7 Å². The topological polar surface area (TPSA) is 46.5 Å². The molecule has 1 aliphatic heterocycles. The Bertz CT molecular complexity index is 970. The Hall–Kier alpha value is -2.18. The first-order valence-electron chi connectivity index (χ1n) is 9.31. The molecule has 0 bridgehead atoms. The Balaban J connectivity index is 1.33. The minimum absolute atomic E-state index is 0.315. The third kappa shape index (κ3) is 4.28. The molecule has 1 N–H and O–H groups in total. The Morgan fingerprint density at radius 3 is 2.82 bits per heavy atom. The number of hydrogen-bond donors (Lipinski definition) is 1. The molecule has 2 heterocycles. The molecule has 6 heteroatoms. The number of rotatable bonds is 6. The number of benzene rings is 2. The van der Waals surface area contributed by atoms with Crippen LogP contribution in [0.3, 0.4) is 0 Å². The van der Waals surface area contributed by atoms with Crippen molar-refractivity contribution in [3.8, 4) is 5.75 Å². The van der Waals surface area contributed by atoms with Gasteiger partial charge in [-0.25, -0.2) is 0 Å². The molecule has 0 saturated heterocycles. The average Bonchev–Trinajstić information content (AvgIpc) is 3.22. The van der Waals surface area contributed by atoms with Gasteiger partial charge in [0.2, 0.25) is 0 Å². The molecule has 144 valence electrons. The van der Waals surface area contributed by atoms with Crippen molar-refractivity contribution in [2.45, 2.75) is 24.6 Å². The van der Waals surface area contributed by atoms with Gasteiger partial charge in [-0.2, -0.15) is 0 Å². The lowest BCUT2D eigenvalue weighted by atomic mass is 9.91. The zero-order valence-corrected chi connectivity index (χ0v) is 17.6. The molecule has 0 aliphatic carbocycles. The van der Waals surface area contributed by atoms with Gasteiger partial charge in [0.1, 0.15) is 5.75 Å². The first-order chi connectivity index (χ1) is 13.7. The van der Waals surface area contributed by atoms with Gasteiger partial charge in [0.25, 0.3) is 0 Å². The number of aromatic nitrogens is 1. The van der Waals surface area contributed by atoms with E-state index in [-0.39, 0.29) is 0 Å². The van der Waals surface area contributed by atoms with Gasteiger partial charge in [-0.05, 0) is 46.2 Å². The second-order valence-electron chi connectivity index (χ2n) is 6.80. The maximum atomic E-state index is 5.21. The van der Waals surface area contributed by atoms with Crippen molar-refractivity contribution in [1.82, 2.24) is 10.3 Å². The van der Waals surface area contributed by atoms with E-state index >= 15 is 0 Å². The Morgan fingerprint density at radius 2 is 2.00 bits per heavy atom. The third-order valence-electron chi connectivity index (χ3n) is 5.04. The summed E-state index contributed by atoms with van der Waals surface area (Å²) >= 11 is 0. The van der Waals surface area contributed by atoms with Crippen molar-refractivity contribution in [3.63, 3.8) is 0 Å². The van der Waals surface area contributed by atoms with Gasteiger partial charge in [0, 0.05) is 23.3 Å². The molecule has 3 aromatic rings. The second kappa shape index (κ2) is 8.88. The van der Waals surface area contributed by atoms with Gasteiger partial charge in [0.05, 0.1) is 25.2 Å². The Morgan fingerprint density at radius 1 is 1.14 bits per heavy atom. The van der Waals surface area contributed by atoms with Crippen molar-refractivity contribution in [3.05, 3.63) is 71.9 Å². The number of aliphatic imine (C=N–C) groups is 1. The number of pyridine rings is 1. The van der Waals surface area contributed by atoms with Gasteiger partial charge in [0.15, 0.2) is 5.17 Å². The fourth-order valence-corrected chi connectivity index (χ4v) is 5.43. The number of fused-ring (bicyclic) bond motifs is 1. The van der Waals surface area contributed by atoms with E-state index < -0.39 is 0 Å². The maximum absolute atomic E-state index is 5.21. The lowest BCUT2D eigenvalue weighted by Crippen LogP contribution is -2.33. The molecule has 2 aromatic carbocycles. The van der Waals surface area contributed by atoms with E-state index in [4.69, 9.17) is 9.73 Å². The number of methoxy groups -OCH3 is 1. The van der Waals surface area contributed by atoms with Crippen molar-refractivity contribution >= 4 is 37.7 Å². The minimum atomic E-state index is 0.315. The van der Waals surface area contributed by atoms with E-state index in [1.807, 2.05) is 24.4 Å². The SMILES string of the molecule is COc1ccc(CSSC2=NCC(C(C)c3cccc4ncccc34)N2)cc1. The standard InChI is InChI=1S/C22H23N3OS2/c1-15(18-5-3-7-20-19(18)6-4-12-23-20)21-13-24-22(25-21)28-27-14-16-8-10-17(26-2)11-9-16/h3-12,15,21H,13-14H2,1-2H3,(H,24,25). The second-order valence-corrected chi connectivity index (χ2v) is 9.08. The van der Waals surface area contributed by atoms with Gasteiger partial charge < -0.3 is 10.1 Å². The van der Waals surface area contributed by atoms with Crippen molar-refractivity contribution in [2.24, 2.45) is 4.99 Å². The molecule has 1 aromatic heterocycles. The summed E-state index contributed by atoms with van der Waals surface area (Å²) in [6, 6.07) is 19.1. The molecule has 2 atom stereocenters. The fraction of sp³-hybridized carbons (Fsp3) is 0.273. The monoisotopic (exact) mass is 409 g/mol. The zero-order valence-electron chi connectivity index (χ0n) is 16.0. The van der Waals surface area contributed by atoms with Gasteiger partial charge in [-0.1, -0.05) is 48.0 Å². The summed E-state index contributed by atoms with van der Waals surface area (Å²) in [4.78, 5) is 9.20. The molecule has 0 radical (unpaired) electrons. The summed E-state index contributed by atoms with van der Waals surface area (Å²) in [5, 5.41) is 5.86. The van der Waals surface area contributed by atoms with Crippen LogP contribution in [0.25, 0.3) is 10.9 Å². The predicted octanol–water partition coefficient (Wildman–Crippen LogP) is 5.26. The zero-order chi connectivity index (χ0) is 19.3. The highest BCUT2D eigenvalue weighted by molar-refractivity contribution is 8.82. The fourth-order valence-electron chi connectivity index (χ4n) is 3.38. The number of hydrogen-bond acceptors (Lipinski definition) is 6. The van der Waals surface area contributed by atoms with Crippen LogP contribution in [-0.2, 0) is 5.75 Å². The maximum Gasteiger partial charge on any atom is 0.167 e. The van der Waals surface area contributed by atoms with Crippen LogP contribution in [0, 0.1) is 0 Å². The first kappa shape index (κ1) is 19.2. The first-order valence-corrected chi connectivity index (χ1v) is 11.6. The van der Waals surface area contributed by atoms with Crippen LogP contribution in [0.15, 0.2) is 65.8 Å². The van der Waals surface area contributed by atoms with E-state index in [2.05, 4.69) is 53.6 Å².